The van der Waals surface area contributed by atoms with Gasteiger partial charge in [-0.05, 0) is 6.92 Å². The maximum Gasteiger partial charge on any atom is 0.278 e. The molecular formula is C9H13N5O3. The van der Waals surface area contributed by atoms with Crippen molar-refractivity contribution in [3.63, 3.8) is 0 Å². The van der Waals surface area contributed by atoms with Crippen LogP contribution in [-0.2, 0) is 11.4 Å². The lowest BCUT2D eigenvalue weighted by Gasteiger charge is -2.14. The van der Waals surface area contributed by atoms with Gasteiger partial charge in [0.2, 0.25) is 5.95 Å². The van der Waals surface area contributed by atoms with Crippen LogP contribution in [0.4, 0.5) is 5.95 Å². The van der Waals surface area contributed by atoms with Crippen LogP contribution in [0.15, 0.2) is 4.79 Å². The van der Waals surface area contributed by atoms with Crippen LogP contribution < -0.4 is 10.6 Å². The lowest BCUT2D eigenvalue weighted by Crippen LogP contribution is -2.23. The smallest absolute Gasteiger partial charge is 0.278 e. The molecule has 0 saturated carbocycles. The Balaban J connectivity index is 2.50. The van der Waals surface area contributed by atoms with Gasteiger partial charge in [-0.3, -0.25) is 14.6 Å². The van der Waals surface area contributed by atoms with Gasteiger partial charge < -0.3 is 10.1 Å². The number of aliphatic hydroxyl groups excluding tert-OH is 1. The van der Waals surface area contributed by atoms with Crippen molar-refractivity contribution in [1.29, 1.82) is 0 Å². The number of aromatic nitrogens is 4. The van der Waals surface area contributed by atoms with E-state index in [4.69, 9.17) is 9.94 Å². The van der Waals surface area contributed by atoms with Gasteiger partial charge in [0.15, 0.2) is 11.2 Å². The van der Waals surface area contributed by atoms with E-state index in [1.165, 1.54) is 5.06 Å². The number of aliphatic hydroxyl groups is 1. The highest BCUT2D eigenvalue weighted by Crippen LogP contribution is 2.09. The summed E-state index contributed by atoms with van der Waals surface area (Å²) < 4.78 is 0. The molecule has 0 aromatic carbocycles. The molecule has 2 aromatic heterocycles. The average molecular weight is 239 g/mol. The molecular weight excluding hydrogens is 226 g/mol. The summed E-state index contributed by atoms with van der Waals surface area (Å²) in [5.74, 6) is 0.564. The van der Waals surface area contributed by atoms with Gasteiger partial charge in [0.1, 0.15) is 12.4 Å². The summed E-state index contributed by atoms with van der Waals surface area (Å²) >= 11 is 0. The third kappa shape index (κ3) is 2.12. The maximum atomic E-state index is 11.7. The van der Waals surface area contributed by atoms with Gasteiger partial charge in [0.05, 0.1) is 6.61 Å². The Morgan fingerprint density at radius 1 is 1.41 bits per heavy atom. The largest absolute Gasteiger partial charge is 0.388 e. The normalized spacial score (nSPS) is 11.0. The molecule has 17 heavy (non-hydrogen) atoms. The van der Waals surface area contributed by atoms with Crippen molar-refractivity contribution >= 4 is 17.1 Å². The number of fused-ring (bicyclic) bond motifs is 1. The summed E-state index contributed by atoms with van der Waals surface area (Å²) in [7, 11) is 1.63. The minimum atomic E-state index is -0.358. The SMILES string of the molecule is CCON(C)c1nc2nc(CO)[nH]c2c(=O)[nH]1. The number of H-pyrrole nitrogens is 2. The average Bonchev–Trinajstić information content (AvgIpc) is 2.73. The summed E-state index contributed by atoms with van der Waals surface area (Å²) in [6.45, 7) is 2.01. The lowest BCUT2D eigenvalue weighted by atomic mass is 10.5. The number of rotatable bonds is 4. The summed E-state index contributed by atoms with van der Waals surface area (Å²) in [5.41, 5.74) is 0.130. The number of hydroxylamine groups is 1. The minimum absolute atomic E-state index is 0.239. The second-order valence-electron chi connectivity index (χ2n) is 3.34. The van der Waals surface area contributed by atoms with E-state index in [-0.39, 0.29) is 29.3 Å². The Morgan fingerprint density at radius 2 is 2.18 bits per heavy atom. The fourth-order valence-corrected chi connectivity index (χ4v) is 1.42. The predicted octanol–water partition coefficient (Wildman–Crippen LogP) is -0.474. The van der Waals surface area contributed by atoms with Crippen LogP contribution in [-0.4, -0.2) is 38.7 Å². The van der Waals surface area contributed by atoms with Gasteiger partial charge in [0.25, 0.3) is 5.56 Å². The number of nitrogens with zero attached hydrogens (tertiary/aromatic N) is 3. The first kappa shape index (κ1) is 11.6. The molecule has 0 saturated heterocycles. The monoisotopic (exact) mass is 239 g/mol. The number of nitrogens with one attached hydrogen (secondary N) is 2. The van der Waals surface area contributed by atoms with E-state index < -0.39 is 0 Å². The topological polar surface area (TPSA) is 107 Å². The first-order valence-electron chi connectivity index (χ1n) is 5.12. The molecule has 0 aliphatic carbocycles. The number of aromatic amines is 2. The van der Waals surface area contributed by atoms with Crippen molar-refractivity contribution < 1.29 is 9.94 Å². The molecule has 0 spiro atoms. The maximum absolute atomic E-state index is 11.7. The van der Waals surface area contributed by atoms with Gasteiger partial charge in [-0.15, -0.1) is 0 Å². The molecule has 0 amide bonds. The Bertz CT molecular complexity index is 576. The Morgan fingerprint density at radius 3 is 2.82 bits per heavy atom. The molecule has 0 aliphatic heterocycles. The molecule has 0 radical (unpaired) electrons. The zero-order chi connectivity index (χ0) is 12.4. The van der Waals surface area contributed by atoms with Crippen LogP contribution in [0.25, 0.3) is 11.2 Å². The Hall–Kier alpha value is -1.93. The van der Waals surface area contributed by atoms with Crippen molar-refractivity contribution in [2.75, 3.05) is 18.7 Å². The first-order chi connectivity index (χ1) is 8.15. The third-order valence-corrected chi connectivity index (χ3v) is 2.17. The quantitative estimate of drug-likeness (QED) is 0.622. The molecule has 3 N–H and O–H groups in total. The van der Waals surface area contributed by atoms with Gasteiger partial charge >= 0.3 is 0 Å². The van der Waals surface area contributed by atoms with Crippen molar-refractivity contribution in [3.8, 4) is 0 Å². The van der Waals surface area contributed by atoms with Crippen molar-refractivity contribution in [1.82, 2.24) is 19.9 Å². The Kier molecular flexibility index (Phi) is 3.07. The predicted molar refractivity (Wildman–Crippen MR) is 60.5 cm³/mol. The molecule has 0 unspecified atom stereocenters. The second kappa shape index (κ2) is 4.52. The van der Waals surface area contributed by atoms with Crippen LogP contribution in [0.3, 0.4) is 0 Å². The molecule has 2 heterocycles. The summed E-state index contributed by atoms with van der Waals surface area (Å²) in [6.07, 6.45) is 0. The fourth-order valence-electron chi connectivity index (χ4n) is 1.42. The number of hydrogen-bond acceptors (Lipinski definition) is 6. The summed E-state index contributed by atoms with van der Waals surface area (Å²) in [4.78, 5) is 30.2. The van der Waals surface area contributed by atoms with Crippen LogP contribution >= 0.6 is 0 Å². The lowest BCUT2D eigenvalue weighted by molar-refractivity contribution is 0.131. The fraction of sp³-hybridized carbons (Fsp3) is 0.444. The highest BCUT2D eigenvalue weighted by atomic mass is 16.7. The van der Waals surface area contributed by atoms with Crippen molar-refractivity contribution in [2.24, 2.45) is 0 Å². The van der Waals surface area contributed by atoms with Gasteiger partial charge in [-0.2, -0.15) is 4.98 Å². The van der Waals surface area contributed by atoms with E-state index >= 15 is 0 Å². The molecule has 0 atom stereocenters. The zero-order valence-corrected chi connectivity index (χ0v) is 9.52. The Labute approximate surface area is 96.2 Å². The van der Waals surface area contributed by atoms with Gasteiger partial charge in [0, 0.05) is 7.05 Å². The van der Waals surface area contributed by atoms with Crippen LogP contribution in [0.1, 0.15) is 12.7 Å². The number of hydrogen-bond donors (Lipinski definition) is 3. The van der Waals surface area contributed by atoms with E-state index in [1.807, 2.05) is 6.92 Å². The summed E-state index contributed by atoms with van der Waals surface area (Å²) in [5, 5.41) is 10.3. The van der Waals surface area contributed by atoms with Gasteiger partial charge in [-0.25, -0.2) is 10.0 Å². The molecule has 8 heteroatoms. The standard InChI is InChI=1S/C9H13N5O3/c1-3-17-14(2)9-12-7-6(8(16)13-9)10-5(4-15)11-7/h15H,3-4H2,1-2H3,(H2,10,11,12,13,16). The van der Waals surface area contributed by atoms with E-state index in [0.717, 1.165) is 0 Å². The molecule has 0 aliphatic rings. The molecule has 2 aromatic rings. The molecule has 0 fully saturated rings. The molecule has 0 bridgehead atoms. The highest BCUT2D eigenvalue weighted by molar-refractivity contribution is 5.70. The number of imidazole rings is 1. The molecule has 2 rings (SSSR count). The third-order valence-electron chi connectivity index (χ3n) is 2.17. The number of anilines is 1. The van der Waals surface area contributed by atoms with Crippen LogP contribution in [0.5, 0.6) is 0 Å². The minimum Gasteiger partial charge on any atom is -0.388 e. The van der Waals surface area contributed by atoms with E-state index in [9.17, 15) is 4.79 Å². The van der Waals surface area contributed by atoms with Crippen molar-refractivity contribution in [3.05, 3.63) is 16.2 Å². The second-order valence-corrected chi connectivity index (χ2v) is 3.34. The van der Waals surface area contributed by atoms with Crippen molar-refractivity contribution in [2.45, 2.75) is 13.5 Å². The highest BCUT2D eigenvalue weighted by Gasteiger charge is 2.11. The van der Waals surface area contributed by atoms with E-state index in [0.29, 0.717) is 12.4 Å². The van der Waals surface area contributed by atoms with E-state index in [2.05, 4.69) is 19.9 Å². The molecule has 8 nitrogen and oxygen atoms in total. The van der Waals surface area contributed by atoms with Crippen LogP contribution in [0, 0.1) is 0 Å². The van der Waals surface area contributed by atoms with Crippen LogP contribution in [0.2, 0.25) is 0 Å². The molecule has 92 valence electrons. The first-order valence-corrected chi connectivity index (χ1v) is 5.12. The summed E-state index contributed by atoms with van der Waals surface area (Å²) in [6, 6.07) is 0. The van der Waals surface area contributed by atoms with Gasteiger partial charge in [-0.1, -0.05) is 0 Å². The van der Waals surface area contributed by atoms with E-state index in [1.54, 1.807) is 7.05 Å². The zero-order valence-electron chi connectivity index (χ0n) is 9.52.